The first-order chi connectivity index (χ1) is 23.7. The Bertz CT molecular complexity index is 2730. The molecule has 0 atom stereocenters. The van der Waals surface area contributed by atoms with Crippen molar-refractivity contribution in [2.75, 3.05) is 0 Å². The van der Waals surface area contributed by atoms with Crippen molar-refractivity contribution in [3.8, 4) is 33.4 Å². The largest absolute Gasteiger partial charge is 0.0984 e. The van der Waals surface area contributed by atoms with E-state index in [1.165, 1.54) is 87.2 Å². The molecule has 9 rings (SSSR count). The van der Waals surface area contributed by atoms with Crippen molar-refractivity contribution in [3.05, 3.63) is 182 Å². The second-order valence-corrected chi connectivity index (χ2v) is 12.5. The molecule has 9 aromatic rings. The van der Waals surface area contributed by atoms with Crippen molar-refractivity contribution in [2.45, 2.75) is 0 Å². The Morgan fingerprint density at radius 2 is 0.604 bits per heavy atom. The van der Waals surface area contributed by atoms with Gasteiger partial charge in [-0.3, -0.25) is 0 Å². The minimum Gasteiger partial charge on any atom is -0.0984 e. The third-order valence-electron chi connectivity index (χ3n) is 10.00. The van der Waals surface area contributed by atoms with Crippen LogP contribution in [-0.4, -0.2) is 0 Å². The number of hydrogen-bond donors (Lipinski definition) is 0. The standard InChI is InChI=1S/C48H32/c1-3-33-34(4-2)43-29-46(39-25-15-13-23-37(39)44(43)27-41(33)31-17-7-5-8-18-31)48-30-47-36-22-12-11-21-35(36)42(32-19-9-6-10-20-32)28-45(47)38-24-14-16-26-40(38)48/h3-30H,1-2H2. The van der Waals surface area contributed by atoms with Gasteiger partial charge in [0.15, 0.2) is 0 Å². The summed E-state index contributed by atoms with van der Waals surface area (Å²) in [6, 6.07) is 57.5. The maximum absolute atomic E-state index is 4.32. The van der Waals surface area contributed by atoms with Crippen molar-refractivity contribution in [1.82, 2.24) is 0 Å². The van der Waals surface area contributed by atoms with Gasteiger partial charge in [-0.25, -0.2) is 0 Å². The van der Waals surface area contributed by atoms with Crippen LogP contribution in [0.4, 0.5) is 0 Å². The number of rotatable bonds is 5. The predicted octanol–water partition coefficient (Wildman–Crippen LogP) is 13.7. The van der Waals surface area contributed by atoms with E-state index in [2.05, 4.69) is 171 Å². The fourth-order valence-electron chi connectivity index (χ4n) is 7.84. The van der Waals surface area contributed by atoms with Gasteiger partial charge in [0.1, 0.15) is 0 Å². The van der Waals surface area contributed by atoms with E-state index in [9.17, 15) is 0 Å². The van der Waals surface area contributed by atoms with Gasteiger partial charge in [0.25, 0.3) is 0 Å². The molecule has 0 bridgehead atoms. The summed E-state index contributed by atoms with van der Waals surface area (Å²) in [4.78, 5) is 0. The molecule has 0 aliphatic heterocycles. The molecule has 0 nitrogen and oxygen atoms in total. The zero-order valence-corrected chi connectivity index (χ0v) is 26.6. The normalized spacial score (nSPS) is 11.5. The van der Waals surface area contributed by atoms with Crippen LogP contribution < -0.4 is 0 Å². The van der Waals surface area contributed by atoms with Gasteiger partial charge in [0.2, 0.25) is 0 Å². The van der Waals surface area contributed by atoms with E-state index in [-0.39, 0.29) is 0 Å². The Labute approximate surface area is 280 Å². The predicted molar refractivity (Wildman–Crippen MR) is 210 cm³/mol. The molecular formula is C48H32. The molecule has 0 aromatic heterocycles. The lowest BCUT2D eigenvalue weighted by Gasteiger charge is -2.20. The maximum Gasteiger partial charge on any atom is -0.00923 e. The van der Waals surface area contributed by atoms with Crippen LogP contribution in [0.15, 0.2) is 171 Å². The molecule has 0 heterocycles. The molecule has 0 saturated heterocycles. The highest BCUT2D eigenvalue weighted by Crippen LogP contribution is 2.46. The van der Waals surface area contributed by atoms with Gasteiger partial charge < -0.3 is 0 Å². The molecule has 0 amide bonds. The highest BCUT2D eigenvalue weighted by atomic mass is 14.2. The molecule has 0 fully saturated rings. The highest BCUT2D eigenvalue weighted by Gasteiger charge is 2.19. The first-order valence-corrected chi connectivity index (χ1v) is 16.5. The van der Waals surface area contributed by atoms with Gasteiger partial charge in [0, 0.05) is 0 Å². The molecule has 48 heavy (non-hydrogen) atoms. The first kappa shape index (κ1) is 28.0. The smallest absolute Gasteiger partial charge is 0.00923 e. The molecule has 9 aromatic carbocycles. The van der Waals surface area contributed by atoms with Crippen LogP contribution in [0, 0.1) is 0 Å². The van der Waals surface area contributed by atoms with Crippen LogP contribution in [0.3, 0.4) is 0 Å². The molecule has 0 heteroatoms. The van der Waals surface area contributed by atoms with Gasteiger partial charge in [-0.2, -0.15) is 0 Å². The third-order valence-corrected chi connectivity index (χ3v) is 10.00. The van der Waals surface area contributed by atoms with E-state index in [0.29, 0.717) is 0 Å². The van der Waals surface area contributed by atoms with Crippen LogP contribution in [0.25, 0.3) is 99.4 Å². The van der Waals surface area contributed by atoms with E-state index >= 15 is 0 Å². The van der Waals surface area contributed by atoms with Crippen molar-refractivity contribution in [2.24, 2.45) is 0 Å². The minimum atomic E-state index is 1.10. The maximum atomic E-state index is 4.32. The molecule has 0 radical (unpaired) electrons. The Morgan fingerprint density at radius 3 is 1.08 bits per heavy atom. The van der Waals surface area contributed by atoms with Gasteiger partial charge in [-0.1, -0.05) is 159 Å². The molecular weight excluding hydrogens is 577 g/mol. The number of fused-ring (bicyclic) bond motifs is 8. The summed E-state index contributed by atoms with van der Waals surface area (Å²) in [6.45, 7) is 8.58. The van der Waals surface area contributed by atoms with E-state index in [4.69, 9.17) is 0 Å². The van der Waals surface area contributed by atoms with Crippen LogP contribution in [0.2, 0.25) is 0 Å². The minimum absolute atomic E-state index is 1.10. The third kappa shape index (κ3) is 4.24. The first-order valence-electron chi connectivity index (χ1n) is 16.5. The second kappa shape index (κ2) is 11.2. The van der Waals surface area contributed by atoms with E-state index in [1.807, 2.05) is 12.2 Å². The summed E-state index contributed by atoms with van der Waals surface area (Å²) >= 11 is 0. The molecule has 0 unspecified atom stereocenters. The molecule has 0 aliphatic carbocycles. The summed E-state index contributed by atoms with van der Waals surface area (Å²) in [5.41, 5.74) is 9.50. The quantitative estimate of drug-likeness (QED) is 0.171. The lowest BCUT2D eigenvalue weighted by molar-refractivity contribution is 1.61. The summed E-state index contributed by atoms with van der Waals surface area (Å²) in [6.07, 6.45) is 3.98. The number of benzene rings is 9. The zero-order valence-electron chi connectivity index (χ0n) is 26.6. The van der Waals surface area contributed by atoms with E-state index in [1.54, 1.807) is 0 Å². The van der Waals surface area contributed by atoms with Crippen molar-refractivity contribution in [1.29, 1.82) is 0 Å². The topological polar surface area (TPSA) is 0 Å². The summed E-state index contributed by atoms with van der Waals surface area (Å²) < 4.78 is 0. The van der Waals surface area contributed by atoms with Gasteiger partial charge >= 0.3 is 0 Å². The monoisotopic (exact) mass is 608 g/mol. The Kier molecular flexibility index (Phi) is 6.55. The molecule has 0 N–H and O–H groups in total. The van der Waals surface area contributed by atoms with Gasteiger partial charge in [-0.05, 0) is 123 Å². The lowest BCUT2D eigenvalue weighted by Crippen LogP contribution is -1.94. The average Bonchev–Trinajstić information content (AvgIpc) is 3.16. The SMILES string of the molecule is C=Cc1c(-c2ccccc2)cc2c(cc(-c3cc4c5ccccc5c(-c5ccccc5)cc4c4ccccc34)c3ccccc32)c1C=C. The molecule has 0 saturated carbocycles. The van der Waals surface area contributed by atoms with Crippen LogP contribution in [0.1, 0.15) is 11.1 Å². The summed E-state index contributed by atoms with van der Waals surface area (Å²) in [7, 11) is 0. The van der Waals surface area contributed by atoms with E-state index in [0.717, 1.165) is 11.1 Å². The second-order valence-electron chi connectivity index (χ2n) is 12.5. The molecule has 0 aliphatic rings. The van der Waals surface area contributed by atoms with E-state index < -0.39 is 0 Å². The summed E-state index contributed by atoms with van der Waals surface area (Å²) in [5.74, 6) is 0. The van der Waals surface area contributed by atoms with Crippen molar-refractivity contribution in [3.63, 3.8) is 0 Å². The fourth-order valence-corrected chi connectivity index (χ4v) is 7.84. The van der Waals surface area contributed by atoms with Crippen molar-refractivity contribution < 1.29 is 0 Å². The Balaban J connectivity index is 1.43. The summed E-state index contributed by atoms with van der Waals surface area (Å²) in [5, 5.41) is 12.4. The lowest BCUT2D eigenvalue weighted by atomic mass is 9.83. The zero-order chi connectivity index (χ0) is 32.2. The number of hydrogen-bond acceptors (Lipinski definition) is 0. The average molecular weight is 609 g/mol. The Hall–Kier alpha value is -6.24. The fraction of sp³-hybridized carbons (Fsp3) is 0. The van der Waals surface area contributed by atoms with Crippen molar-refractivity contribution >= 4 is 66.0 Å². The van der Waals surface area contributed by atoms with Crippen LogP contribution in [0.5, 0.6) is 0 Å². The highest BCUT2D eigenvalue weighted by molar-refractivity contribution is 6.26. The van der Waals surface area contributed by atoms with Crippen LogP contribution >= 0.6 is 0 Å². The molecule has 0 spiro atoms. The van der Waals surface area contributed by atoms with Gasteiger partial charge in [-0.15, -0.1) is 0 Å². The molecule has 224 valence electrons. The Morgan fingerprint density at radius 1 is 0.271 bits per heavy atom. The van der Waals surface area contributed by atoms with Crippen LogP contribution in [-0.2, 0) is 0 Å². The van der Waals surface area contributed by atoms with Gasteiger partial charge in [0.05, 0.1) is 0 Å².